The second-order valence-electron chi connectivity index (χ2n) is 3.59. The molecule has 0 aliphatic heterocycles. The standard InChI is InChI=1S/C10H24N2/c1-3-4-5-6-10(2)9-12-8-7-11/h10,12H,3-9,11H2,1-2H3. The summed E-state index contributed by atoms with van der Waals surface area (Å²) in [7, 11) is 0. The summed E-state index contributed by atoms with van der Waals surface area (Å²) >= 11 is 0. The van der Waals surface area contributed by atoms with Crippen molar-refractivity contribution in [1.82, 2.24) is 5.32 Å². The summed E-state index contributed by atoms with van der Waals surface area (Å²) in [5.74, 6) is 0.808. The van der Waals surface area contributed by atoms with Crippen LogP contribution in [0.25, 0.3) is 0 Å². The quantitative estimate of drug-likeness (QED) is 0.547. The maximum atomic E-state index is 5.37. The lowest BCUT2D eigenvalue weighted by Gasteiger charge is -2.11. The van der Waals surface area contributed by atoms with Gasteiger partial charge in [-0.15, -0.1) is 0 Å². The van der Waals surface area contributed by atoms with Gasteiger partial charge in [0, 0.05) is 13.1 Å². The van der Waals surface area contributed by atoms with E-state index >= 15 is 0 Å². The molecular formula is C10H24N2. The van der Waals surface area contributed by atoms with E-state index in [0.29, 0.717) is 0 Å². The average molecular weight is 172 g/mol. The van der Waals surface area contributed by atoms with E-state index in [1.807, 2.05) is 0 Å². The zero-order valence-corrected chi connectivity index (χ0v) is 8.60. The summed E-state index contributed by atoms with van der Waals surface area (Å²) in [6.07, 6.45) is 5.43. The van der Waals surface area contributed by atoms with Gasteiger partial charge in [-0.25, -0.2) is 0 Å². The molecule has 1 atom stereocenters. The van der Waals surface area contributed by atoms with Gasteiger partial charge < -0.3 is 11.1 Å². The van der Waals surface area contributed by atoms with Crippen LogP contribution in [0, 0.1) is 5.92 Å². The Bertz CT molecular complexity index is 73.9. The van der Waals surface area contributed by atoms with Crippen LogP contribution in [0.15, 0.2) is 0 Å². The van der Waals surface area contributed by atoms with Crippen LogP contribution in [-0.2, 0) is 0 Å². The van der Waals surface area contributed by atoms with Gasteiger partial charge in [-0.1, -0.05) is 33.1 Å². The van der Waals surface area contributed by atoms with Crippen LogP contribution < -0.4 is 11.1 Å². The molecule has 0 heterocycles. The van der Waals surface area contributed by atoms with Gasteiger partial charge in [0.05, 0.1) is 0 Å². The minimum Gasteiger partial charge on any atom is -0.329 e. The Hall–Kier alpha value is -0.0800. The Kier molecular flexibility index (Phi) is 8.95. The molecule has 0 fully saturated rings. The normalized spacial score (nSPS) is 13.2. The van der Waals surface area contributed by atoms with Gasteiger partial charge in [0.1, 0.15) is 0 Å². The fraction of sp³-hybridized carbons (Fsp3) is 1.00. The predicted molar refractivity (Wildman–Crippen MR) is 55.2 cm³/mol. The molecular weight excluding hydrogens is 148 g/mol. The van der Waals surface area contributed by atoms with Crippen molar-refractivity contribution in [3.8, 4) is 0 Å². The summed E-state index contributed by atoms with van der Waals surface area (Å²) in [5.41, 5.74) is 5.37. The third-order valence-electron chi connectivity index (χ3n) is 2.11. The molecule has 0 aromatic heterocycles. The lowest BCUT2D eigenvalue weighted by atomic mass is 10.0. The SMILES string of the molecule is CCCCCC(C)CNCCN. The van der Waals surface area contributed by atoms with E-state index in [0.717, 1.165) is 25.6 Å². The largest absolute Gasteiger partial charge is 0.329 e. The van der Waals surface area contributed by atoms with E-state index in [9.17, 15) is 0 Å². The van der Waals surface area contributed by atoms with Crippen LogP contribution in [0.3, 0.4) is 0 Å². The van der Waals surface area contributed by atoms with Crippen molar-refractivity contribution in [3.05, 3.63) is 0 Å². The smallest absolute Gasteiger partial charge is 0.00746 e. The zero-order chi connectivity index (χ0) is 9.23. The minimum absolute atomic E-state index is 0.752. The van der Waals surface area contributed by atoms with Gasteiger partial charge in [0.15, 0.2) is 0 Å². The third kappa shape index (κ3) is 8.02. The first-order chi connectivity index (χ1) is 5.81. The molecule has 1 unspecified atom stereocenters. The monoisotopic (exact) mass is 172 g/mol. The Morgan fingerprint density at radius 1 is 1.33 bits per heavy atom. The number of rotatable bonds is 8. The molecule has 0 spiro atoms. The summed E-state index contributed by atoms with van der Waals surface area (Å²) in [4.78, 5) is 0. The second-order valence-corrected chi connectivity index (χ2v) is 3.59. The van der Waals surface area contributed by atoms with E-state index in [1.165, 1.54) is 25.7 Å². The number of nitrogens with one attached hydrogen (secondary N) is 1. The second kappa shape index (κ2) is 9.01. The zero-order valence-electron chi connectivity index (χ0n) is 8.60. The van der Waals surface area contributed by atoms with E-state index in [4.69, 9.17) is 5.73 Å². The number of nitrogens with two attached hydrogens (primary N) is 1. The number of hydrogen-bond acceptors (Lipinski definition) is 2. The third-order valence-corrected chi connectivity index (χ3v) is 2.11. The van der Waals surface area contributed by atoms with Gasteiger partial charge in [0.25, 0.3) is 0 Å². The van der Waals surface area contributed by atoms with Crippen LogP contribution in [0.2, 0.25) is 0 Å². The molecule has 12 heavy (non-hydrogen) atoms. The van der Waals surface area contributed by atoms with Gasteiger partial charge in [-0.2, -0.15) is 0 Å². The lowest BCUT2D eigenvalue weighted by Crippen LogP contribution is -2.26. The molecule has 2 nitrogen and oxygen atoms in total. The van der Waals surface area contributed by atoms with E-state index in [-0.39, 0.29) is 0 Å². The molecule has 0 amide bonds. The molecule has 0 bridgehead atoms. The number of unbranched alkanes of at least 4 members (excludes halogenated alkanes) is 2. The highest BCUT2D eigenvalue weighted by atomic mass is 14.9. The van der Waals surface area contributed by atoms with E-state index < -0.39 is 0 Å². The highest BCUT2D eigenvalue weighted by Crippen LogP contribution is 2.07. The molecule has 3 N–H and O–H groups in total. The first-order valence-electron chi connectivity index (χ1n) is 5.22. The molecule has 0 aromatic carbocycles. The highest BCUT2D eigenvalue weighted by molar-refractivity contribution is 4.57. The van der Waals surface area contributed by atoms with Crippen molar-refractivity contribution >= 4 is 0 Å². The van der Waals surface area contributed by atoms with Crippen molar-refractivity contribution in [2.75, 3.05) is 19.6 Å². The number of hydrogen-bond donors (Lipinski definition) is 2. The van der Waals surface area contributed by atoms with Crippen LogP contribution in [0.5, 0.6) is 0 Å². The average Bonchev–Trinajstić information content (AvgIpc) is 2.06. The topological polar surface area (TPSA) is 38.0 Å². The molecule has 74 valence electrons. The molecule has 0 saturated carbocycles. The Balaban J connectivity index is 3.04. The lowest BCUT2D eigenvalue weighted by molar-refractivity contribution is 0.461. The molecule has 0 aromatic rings. The van der Waals surface area contributed by atoms with E-state index in [2.05, 4.69) is 19.2 Å². The van der Waals surface area contributed by atoms with Crippen LogP contribution in [0.4, 0.5) is 0 Å². The maximum Gasteiger partial charge on any atom is 0.00746 e. The summed E-state index contributed by atoms with van der Waals surface area (Å²) in [6, 6.07) is 0. The fourth-order valence-electron chi connectivity index (χ4n) is 1.30. The van der Waals surface area contributed by atoms with Crippen molar-refractivity contribution in [2.45, 2.75) is 39.5 Å². The van der Waals surface area contributed by atoms with Gasteiger partial charge >= 0.3 is 0 Å². The van der Waals surface area contributed by atoms with Crippen molar-refractivity contribution < 1.29 is 0 Å². The Morgan fingerprint density at radius 2 is 2.08 bits per heavy atom. The van der Waals surface area contributed by atoms with Crippen LogP contribution in [0.1, 0.15) is 39.5 Å². The van der Waals surface area contributed by atoms with Crippen LogP contribution >= 0.6 is 0 Å². The minimum atomic E-state index is 0.752. The Morgan fingerprint density at radius 3 is 2.67 bits per heavy atom. The summed E-state index contributed by atoms with van der Waals surface area (Å²) in [6.45, 7) is 7.39. The highest BCUT2D eigenvalue weighted by Gasteiger charge is 1.99. The van der Waals surface area contributed by atoms with Crippen molar-refractivity contribution in [3.63, 3.8) is 0 Å². The first-order valence-corrected chi connectivity index (χ1v) is 5.22. The van der Waals surface area contributed by atoms with Crippen molar-refractivity contribution in [2.24, 2.45) is 11.7 Å². The van der Waals surface area contributed by atoms with Gasteiger partial charge in [-0.3, -0.25) is 0 Å². The van der Waals surface area contributed by atoms with Crippen LogP contribution in [-0.4, -0.2) is 19.6 Å². The van der Waals surface area contributed by atoms with Gasteiger partial charge in [-0.05, 0) is 18.9 Å². The molecule has 0 rings (SSSR count). The Labute approximate surface area is 76.9 Å². The molecule has 0 saturated heterocycles. The van der Waals surface area contributed by atoms with Gasteiger partial charge in [0.2, 0.25) is 0 Å². The maximum absolute atomic E-state index is 5.37. The molecule has 2 heteroatoms. The molecule has 0 radical (unpaired) electrons. The first kappa shape index (κ1) is 11.9. The summed E-state index contributed by atoms with van der Waals surface area (Å²) in [5, 5.41) is 3.34. The van der Waals surface area contributed by atoms with Crippen molar-refractivity contribution in [1.29, 1.82) is 0 Å². The predicted octanol–water partition coefficient (Wildman–Crippen LogP) is 1.75. The fourth-order valence-corrected chi connectivity index (χ4v) is 1.30. The molecule has 0 aliphatic carbocycles. The van der Waals surface area contributed by atoms with E-state index in [1.54, 1.807) is 0 Å². The summed E-state index contributed by atoms with van der Waals surface area (Å²) < 4.78 is 0. The molecule has 0 aliphatic rings.